The lowest BCUT2D eigenvalue weighted by molar-refractivity contribution is -0.141. The third-order valence-corrected chi connectivity index (χ3v) is 7.85. The molecule has 4 bridgehead atoms. The van der Waals surface area contributed by atoms with Crippen molar-refractivity contribution >= 4 is 11.9 Å². The molecule has 2 unspecified atom stereocenters. The summed E-state index contributed by atoms with van der Waals surface area (Å²) in [6, 6.07) is 1.94. The maximum absolute atomic E-state index is 14.8. The Morgan fingerprint density at radius 3 is 2.61 bits per heavy atom. The predicted octanol–water partition coefficient (Wildman–Crippen LogP) is 3.64. The first-order valence-electron chi connectivity index (χ1n) is 10.3. The molecule has 4 saturated carbocycles. The number of aryl methyl sites for hydroxylation is 1. The highest BCUT2D eigenvalue weighted by atomic mass is 19.1. The van der Waals surface area contributed by atoms with Crippen LogP contribution in [0, 0.1) is 35.9 Å². The van der Waals surface area contributed by atoms with Crippen LogP contribution >= 0.6 is 0 Å². The van der Waals surface area contributed by atoms with E-state index in [9.17, 15) is 19.1 Å². The lowest BCUT2D eigenvalue weighted by atomic mass is 9.82. The zero-order valence-corrected chi connectivity index (χ0v) is 16.1. The number of carboxylic acid groups (broad SMARTS) is 1. The minimum Gasteiger partial charge on any atom is -0.493 e. The maximum Gasteiger partial charge on any atom is 0.326 e. The van der Waals surface area contributed by atoms with Gasteiger partial charge in [0, 0.05) is 18.0 Å². The highest BCUT2D eigenvalue weighted by molar-refractivity contribution is 5.97. The van der Waals surface area contributed by atoms with E-state index in [-0.39, 0.29) is 11.0 Å². The van der Waals surface area contributed by atoms with E-state index in [0.29, 0.717) is 37.3 Å². The summed E-state index contributed by atoms with van der Waals surface area (Å²) >= 11 is 0. The van der Waals surface area contributed by atoms with E-state index < -0.39 is 23.7 Å². The normalized spacial score (nSPS) is 35.1. The number of benzene rings is 1. The first-order valence-corrected chi connectivity index (χ1v) is 10.3. The largest absolute Gasteiger partial charge is 0.493 e. The number of nitrogens with zero attached hydrogens (tertiary/aromatic N) is 1. The van der Waals surface area contributed by atoms with Crippen LogP contribution in [0.25, 0.3) is 0 Å². The Balaban J connectivity index is 1.33. The Bertz CT molecular complexity index is 839. The molecule has 1 aliphatic heterocycles. The molecule has 1 heterocycles. The molecule has 1 N–H and O–H groups in total. The van der Waals surface area contributed by atoms with Crippen LogP contribution in [-0.4, -0.2) is 41.1 Å². The van der Waals surface area contributed by atoms with E-state index in [1.54, 1.807) is 0 Å². The number of carbonyl (C=O) groups is 2. The number of carbonyl (C=O) groups excluding carboxylic acids is 1. The number of ether oxygens (including phenoxy) is 1. The number of amides is 1. The van der Waals surface area contributed by atoms with Gasteiger partial charge in [0.05, 0.1) is 12.2 Å². The Morgan fingerprint density at radius 2 is 2.00 bits per heavy atom. The summed E-state index contributed by atoms with van der Waals surface area (Å²) in [4.78, 5) is 25.4. The van der Waals surface area contributed by atoms with Gasteiger partial charge in [0.1, 0.15) is 17.6 Å². The second-order valence-electron chi connectivity index (χ2n) is 9.34. The number of likely N-dealkylation sites (tertiary alicyclic amines) is 1. The fraction of sp³-hybridized carbons (Fsp3) is 0.636. The zero-order valence-electron chi connectivity index (χ0n) is 16.1. The molecule has 6 heteroatoms. The Kier molecular flexibility index (Phi) is 3.97. The number of halogens is 1. The monoisotopic (exact) mass is 387 g/mol. The van der Waals surface area contributed by atoms with Crippen LogP contribution in [0.1, 0.15) is 54.4 Å². The van der Waals surface area contributed by atoms with Gasteiger partial charge in [0.15, 0.2) is 0 Å². The standard InChI is InChI=1S/C22H26FNO4/c1-12-5-16(20(25)24-4-2-3-18(24)21(26)27)17(23)8-19(12)28-11-22-9-13-6-15(22)7-14(13)10-22/h5,8,13-15,18H,2-4,6-7,9-11H2,1H3,(H,26,27)/t13?,14?,15?,18-,22?/m0/s1. The zero-order chi connectivity index (χ0) is 19.6. The minimum atomic E-state index is -1.04. The van der Waals surface area contributed by atoms with E-state index in [0.717, 1.165) is 17.8 Å². The molecule has 6 rings (SSSR count). The molecule has 1 amide bonds. The van der Waals surface area contributed by atoms with Gasteiger partial charge in [-0.2, -0.15) is 0 Å². The molecule has 4 aliphatic carbocycles. The summed E-state index contributed by atoms with van der Waals surface area (Å²) in [6.07, 6.45) is 6.17. The van der Waals surface area contributed by atoms with Crippen LogP contribution in [-0.2, 0) is 4.79 Å². The topological polar surface area (TPSA) is 66.8 Å². The quantitative estimate of drug-likeness (QED) is 0.838. The molecule has 0 spiro atoms. The number of hydrogen-bond acceptors (Lipinski definition) is 3. The highest BCUT2D eigenvalue weighted by Gasteiger charge is 2.63. The van der Waals surface area contributed by atoms with Crippen molar-refractivity contribution in [3.63, 3.8) is 0 Å². The van der Waals surface area contributed by atoms with Gasteiger partial charge >= 0.3 is 5.97 Å². The Labute approximate surface area is 163 Å². The first kappa shape index (κ1) is 18.0. The third-order valence-electron chi connectivity index (χ3n) is 7.85. The van der Waals surface area contributed by atoms with E-state index in [1.807, 2.05) is 6.92 Å². The van der Waals surface area contributed by atoms with Gasteiger partial charge in [-0.05, 0) is 74.8 Å². The van der Waals surface area contributed by atoms with E-state index in [1.165, 1.54) is 42.7 Å². The van der Waals surface area contributed by atoms with Gasteiger partial charge in [0.25, 0.3) is 5.91 Å². The summed E-state index contributed by atoms with van der Waals surface area (Å²) < 4.78 is 20.8. The summed E-state index contributed by atoms with van der Waals surface area (Å²) in [6.45, 7) is 2.79. The highest BCUT2D eigenvalue weighted by Crippen LogP contribution is 2.69. The average Bonchev–Trinajstić information content (AvgIpc) is 3.43. The molecule has 0 aromatic heterocycles. The SMILES string of the molecule is Cc1cc(C(=O)N2CCC[C@H]2C(=O)O)c(F)cc1OCC12CC3CC1CC3C2. The molecule has 3 atom stereocenters. The van der Waals surface area contributed by atoms with Crippen LogP contribution in [0.4, 0.5) is 4.39 Å². The molecule has 28 heavy (non-hydrogen) atoms. The number of aliphatic carboxylic acids is 1. The van der Waals surface area contributed by atoms with Crippen molar-refractivity contribution < 1.29 is 23.8 Å². The molecule has 5 nitrogen and oxygen atoms in total. The molecule has 1 aromatic rings. The van der Waals surface area contributed by atoms with Crippen LogP contribution in [0.15, 0.2) is 12.1 Å². The summed E-state index contributed by atoms with van der Waals surface area (Å²) in [7, 11) is 0. The number of hydrogen-bond donors (Lipinski definition) is 1. The van der Waals surface area contributed by atoms with Gasteiger partial charge in [-0.15, -0.1) is 0 Å². The molecular formula is C22H26FNO4. The fourth-order valence-corrected chi connectivity index (χ4v) is 6.53. The second kappa shape index (κ2) is 6.19. The van der Waals surface area contributed by atoms with Gasteiger partial charge in [-0.3, -0.25) is 4.79 Å². The van der Waals surface area contributed by atoms with Crippen LogP contribution < -0.4 is 4.74 Å². The molecular weight excluding hydrogens is 361 g/mol. The van der Waals surface area contributed by atoms with Gasteiger partial charge in [-0.25, -0.2) is 9.18 Å². The lowest BCUT2D eigenvalue weighted by Crippen LogP contribution is -2.40. The van der Waals surface area contributed by atoms with Gasteiger partial charge < -0.3 is 14.7 Å². The minimum absolute atomic E-state index is 0.0692. The van der Waals surface area contributed by atoms with Crippen LogP contribution in [0.2, 0.25) is 0 Å². The third kappa shape index (κ3) is 2.56. The van der Waals surface area contributed by atoms with Crippen molar-refractivity contribution in [2.75, 3.05) is 13.2 Å². The van der Waals surface area contributed by atoms with Crippen LogP contribution in [0.5, 0.6) is 5.75 Å². The van der Waals surface area contributed by atoms with Crippen molar-refractivity contribution in [2.24, 2.45) is 23.2 Å². The van der Waals surface area contributed by atoms with E-state index >= 15 is 0 Å². The van der Waals surface area contributed by atoms with Crippen LogP contribution in [0.3, 0.4) is 0 Å². The van der Waals surface area contributed by atoms with Gasteiger partial charge in [0.2, 0.25) is 0 Å². The molecule has 0 radical (unpaired) electrons. The van der Waals surface area contributed by atoms with E-state index in [2.05, 4.69) is 0 Å². The fourth-order valence-electron chi connectivity index (χ4n) is 6.53. The summed E-state index contributed by atoms with van der Waals surface area (Å²) in [5.74, 6) is 0.768. The molecule has 5 aliphatic rings. The second-order valence-corrected chi connectivity index (χ2v) is 9.34. The lowest BCUT2D eigenvalue weighted by Gasteiger charge is -2.29. The van der Waals surface area contributed by atoms with Crippen molar-refractivity contribution in [2.45, 2.75) is 51.5 Å². The van der Waals surface area contributed by atoms with Crippen molar-refractivity contribution in [3.8, 4) is 5.75 Å². The molecule has 1 saturated heterocycles. The number of carboxylic acids is 1. The van der Waals surface area contributed by atoms with Crippen molar-refractivity contribution in [1.82, 2.24) is 4.90 Å². The molecule has 150 valence electrons. The van der Waals surface area contributed by atoms with Crippen molar-refractivity contribution in [3.05, 3.63) is 29.1 Å². The average molecular weight is 387 g/mol. The first-order chi connectivity index (χ1) is 13.4. The smallest absolute Gasteiger partial charge is 0.326 e. The van der Waals surface area contributed by atoms with E-state index in [4.69, 9.17) is 4.74 Å². The Hall–Kier alpha value is -2.11. The van der Waals surface area contributed by atoms with Crippen molar-refractivity contribution in [1.29, 1.82) is 0 Å². The maximum atomic E-state index is 14.8. The molecule has 5 fully saturated rings. The Morgan fingerprint density at radius 1 is 1.29 bits per heavy atom. The van der Waals surface area contributed by atoms with Gasteiger partial charge in [-0.1, -0.05) is 0 Å². The summed E-state index contributed by atoms with van der Waals surface area (Å²) in [5.41, 5.74) is 0.920. The summed E-state index contributed by atoms with van der Waals surface area (Å²) in [5, 5.41) is 9.29. The molecule has 1 aromatic carbocycles. The number of rotatable bonds is 5. The predicted molar refractivity (Wildman–Crippen MR) is 99.7 cm³/mol.